The van der Waals surface area contributed by atoms with E-state index in [0.717, 1.165) is 31.5 Å². The maximum Gasteiger partial charge on any atom is 0.241 e. The monoisotopic (exact) mass is 320 g/mol. The maximum atomic E-state index is 11.9. The van der Waals surface area contributed by atoms with Crippen LogP contribution < -0.4 is 20.5 Å². The summed E-state index contributed by atoms with van der Waals surface area (Å²) < 4.78 is 10.4. The van der Waals surface area contributed by atoms with Crippen molar-refractivity contribution >= 4 is 11.9 Å². The van der Waals surface area contributed by atoms with E-state index in [0.29, 0.717) is 18.0 Å². The molecule has 0 atom stereocenters. The molecule has 1 amide bonds. The van der Waals surface area contributed by atoms with Crippen LogP contribution >= 0.6 is 0 Å². The fourth-order valence-corrected chi connectivity index (χ4v) is 2.46. The van der Waals surface area contributed by atoms with E-state index in [4.69, 9.17) is 15.2 Å². The number of amides is 1. The second-order valence-corrected chi connectivity index (χ2v) is 5.33. The zero-order chi connectivity index (χ0) is 16.7. The van der Waals surface area contributed by atoms with Crippen molar-refractivity contribution in [2.75, 3.05) is 33.9 Å². The van der Waals surface area contributed by atoms with E-state index in [1.807, 2.05) is 23.1 Å². The molecule has 1 heterocycles. The maximum absolute atomic E-state index is 11.9. The molecule has 0 spiro atoms. The fraction of sp³-hybridized carbons (Fsp3) is 0.500. The first-order valence-corrected chi connectivity index (χ1v) is 7.66. The first kappa shape index (κ1) is 16.9. The normalized spacial score (nSPS) is 14.7. The molecule has 7 nitrogen and oxygen atoms in total. The number of methoxy groups -OCH3 is 2. The number of benzene rings is 1. The van der Waals surface area contributed by atoms with Gasteiger partial charge in [-0.05, 0) is 30.5 Å². The van der Waals surface area contributed by atoms with Crippen LogP contribution in [0.4, 0.5) is 0 Å². The Hall–Kier alpha value is -2.44. The van der Waals surface area contributed by atoms with E-state index >= 15 is 0 Å². The zero-order valence-electron chi connectivity index (χ0n) is 13.7. The van der Waals surface area contributed by atoms with Crippen LogP contribution in [-0.2, 0) is 11.3 Å². The Labute approximate surface area is 136 Å². The molecule has 1 aliphatic rings. The molecule has 1 aliphatic heterocycles. The molecule has 0 unspecified atom stereocenters. The number of ether oxygens (including phenoxy) is 2. The number of aliphatic imine (C=N–C) groups is 1. The topological polar surface area (TPSA) is 89.2 Å². The number of carbonyl (C=O) groups excluding carboxylic acids is 1. The average molecular weight is 320 g/mol. The number of carbonyl (C=O) groups is 1. The molecular weight excluding hydrogens is 296 g/mol. The van der Waals surface area contributed by atoms with Crippen LogP contribution in [-0.4, -0.2) is 50.6 Å². The van der Waals surface area contributed by atoms with Crippen molar-refractivity contribution in [2.24, 2.45) is 10.7 Å². The van der Waals surface area contributed by atoms with E-state index < -0.39 is 0 Å². The minimum Gasteiger partial charge on any atom is -0.493 e. The fourth-order valence-electron chi connectivity index (χ4n) is 2.46. The summed E-state index contributed by atoms with van der Waals surface area (Å²) in [4.78, 5) is 18.0. The van der Waals surface area contributed by atoms with Gasteiger partial charge in [-0.3, -0.25) is 4.79 Å². The Kier molecular flexibility index (Phi) is 6.08. The summed E-state index contributed by atoms with van der Waals surface area (Å²) in [6.07, 6.45) is 2.16. The van der Waals surface area contributed by atoms with Gasteiger partial charge in [0.05, 0.1) is 27.3 Å². The summed E-state index contributed by atoms with van der Waals surface area (Å²) in [7, 11) is 3.18. The number of nitrogens with zero attached hydrogens (tertiary/aromatic N) is 2. The number of nitrogens with one attached hydrogen (secondary N) is 1. The van der Waals surface area contributed by atoms with E-state index in [-0.39, 0.29) is 18.4 Å². The van der Waals surface area contributed by atoms with Crippen LogP contribution in [0.25, 0.3) is 0 Å². The zero-order valence-corrected chi connectivity index (χ0v) is 13.7. The van der Waals surface area contributed by atoms with E-state index in [1.165, 1.54) is 0 Å². The molecule has 3 N–H and O–H groups in total. The highest BCUT2D eigenvalue weighted by Gasteiger charge is 2.17. The van der Waals surface area contributed by atoms with Gasteiger partial charge in [0.1, 0.15) is 0 Å². The smallest absolute Gasteiger partial charge is 0.241 e. The molecule has 126 valence electrons. The van der Waals surface area contributed by atoms with Crippen LogP contribution in [0, 0.1) is 0 Å². The van der Waals surface area contributed by atoms with Crippen LogP contribution in [0.1, 0.15) is 18.4 Å². The van der Waals surface area contributed by atoms with Crippen molar-refractivity contribution in [3.63, 3.8) is 0 Å². The Balaban J connectivity index is 1.85. The molecule has 0 aromatic heterocycles. The Morgan fingerprint density at radius 1 is 1.26 bits per heavy atom. The first-order chi connectivity index (χ1) is 11.1. The molecule has 7 heteroatoms. The Morgan fingerprint density at radius 3 is 2.61 bits per heavy atom. The van der Waals surface area contributed by atoms with Gasteiger partial charge < -0.3 is 25.4 Å². The number of hydrogen-bond donors (Lipinski definition) is 2. The largest absolute Gasteiger partial charge is 0.493 e. The molecule has 0 bridgehead atoms. The molecule has 2 rings (SSSR count). The van der Waals surface area contributed by atoms with Gasteiger partial charge in [-0.1, -0.05) is 6.07 Å². The van der Waals surface area contributed by atoms with Gasteiger partial charge in [0.2, 0.25) is 5.91 Å². The Bertz CT molecular complexity index is 568. The van der Waals surface area contributed by atoms with Crippen molar-refractivity contribution in [2.45, 2.75) is 19.4 Å². The molecule has 0 aliphatic carbocycles. The highest BCUT2D eigenvalue weighted by Crippen LogP contribution is 2.27. The number of hydrogen-bond acceptors (Lipinski definition) is 4. The Morgan fingerprint density at radius 2 is 1.96 bits per heavy atom. The lowest BCUT2D eigenvalue weighted by atomic mass is 10.2. The summed E-state index contributed by atoms with van der Waals surface area (Å²) in [5.74, 6) is 1.64. The quantitative estimate of drug-likeness (QED) is 0.596. The molecule has 1 fully saturated rings. The minimum atomic E-state index is 0.0618. The summed E-state index contributed by atoms with van der Waals surface area (Å²) in [6, 6.07) is 5.57. The number of nitrogens with two attached hydrogens (primary N) is 1. The second-order valence-electron chi connectivity index (χ2n) is 5.33. The summed E-state index contributed by atoms with van der Waals surface area (Å²) >= 11 is 0. The molecule has 1 aromatic carbocycles. The molecule has 23 heavy (non-hydrogen) atoms. The molecule has 0 radical (unpaired) electrons. The molecule has 1 saturated heterocycles. The van der Waals surface area contributed by atoms with E-state index in [9.17, 15) is 4.79 Å². The van der Waals surface area contributed by atoms with Gasteiger partial charge in [-0.15, -0.1) is 0 Å². The summed E-state index contributed by atoms with van der Waals surface area (Å²) in [5, 5.41) is 2.86. The van der Waals surface area contributed by atoms with Gasteiger partial charge in [-0.25, -0.2) is 4.99 Å². The van der Waals surface area contributed by atoms with Crippen LogP contribution in [0.3, 0.4) is 0 Å². The number of likely N-dealkylation sites (tertiary alicyclic amines) is 1. The van der Waals surface area contributed by atoms with Crippen molar-refractivity contribution in [1.29, 1.82) is 0 Å². The lowest BCUT2D eigenvalue weighted by molar-refractivity contribution is -0.128. The van der Waals surface area contributed by atoms with Crippen molar-refractivity contribution in [3.8, 4) is 11.5 Å². The lowest BCUT2D eigenvalue weighted by Crippen LogP contribution is -2.41. The molecular formula is C16H24N4O3. The van der Waals surface area contributed by atoms with E-state index in [2.05, 4.69) is 10.3 Å². The van der Waals surface area contributed by atoms with Crippen LogP contribution in [0.5, 0.6) is 11.5 Å². The summed E-state index contributed by atoms with van der Waals surface area (Å²) in [5.41, 5.74) is 6.75. The van der Waals surface area contributed by atoms with Gasteiger partial charge in [0.25, 0.3) is 0 Å². The van der Waals surface area contributed by atoms with Crippen LogP contribution in [0.15, 0.2) is 23.2 Å². The van der Waals surface area contributed by atoms with Gasteiger partial charge in [0.15, 0.2) is 17.5 Å². The van der Waals surface area contributed by atoms with Crippen molar-refractivity contribution in [3.05, 3.63) is 23.8 Å². The predicted molar refractivity (Wildman–Crippen MR) is 88.7 cm³/mol. The first-order valence-electron chi connectivity index (χ1n) is 7.66. The van der Waals surface area contributed by atoms with Gasteiger partial charge >= 0.3 is 0 Å². The standard InChI is InChI=1S/C16H24N4O3/c1-22-13-6-5-12(9-14(13)23-2)10-18-16(17)19-11-15(21)20-7-3-4-8-20/h5-6,9H,3-4,7-8,10-11H2,1-2H3,(H3,17,18,19). The van der Waals surface area contributed by atoms with Gasteiger partial charge in [0, 0.05) is 13.1 Å². The average Bonchev–Trinajstić information content (AvgIpc) is 3.12. The third-order valence-electron chi connectivity index (χ3n) is 3.76. The predicted octanol–water partition coefficient (Wildman–Crippen LogP) is 0.731. The third-order valence-corrected chi connectivity index (χ3v) is 3.76. The van der Waals surface area contributed by atoms with Crippen molar-refractivity contribution < 1.29 is 14.3 Å². The minimum absolute atomic E-state index is 0.0618. The highest BCUT2D eigenvalue weighted by molar-refractivity contribution is 5.85. The van der Waals surface area contributed by atoms with E-state index in [1.54, 1.807) is 14.2 Å². The lowest BCUT2D eigenvalue weighted by Gasteiger charge is -2.15. The summed E-state index contributed by atoms with van der Waals surface area (Å²) in [6.45, 7) is 2.25. The van der Waals surface area contributed by atoms with Crippen molar-refractivity contribution in [1.82, 2.24) is 10.2 Å². The SMILES string of the molecule is COc1ccc(CN=C(N)NCC(=O)N2CCCC2)cc1OC. The third kappa shape index (κ3) is 4.77. The highest BCUT2D eigenvalue weighted by atomic mass is 16.5. The number of rotatable bonds is 6. The van der Waals surface area contributed by atoms with Gasteiger partial charge in [-0.2, -0.15) is 0 Å². The molecule has 1 aromatic rings. The second kappa shape index (κ2) is 8.26. The van der Waals surface area contributed by atoms with Crippen LogP contribution in [0.2, 0.25) is 0 Å². The number of guanidine groups is 1. The molecule has 0 saturated carbocycles.